The zero-order valence-corrected chi connectivity index (χ0v) is 5.84. The number of hydrogen-bond acceptors (Lipinski definition) is 6. The molecule has 2 aliphatic heterocycles. The third-order valence-corrected chi connectivity index (χ3v) is 1.68. The lowest BCUT2D eigenvalue weighted by molar-refractivity contribution is 1.06. The van der Waals surface area contributed by atoms with E-state index in [1.807, 2.05) is 0 Å². The Bertz CT molecular complexity index is 477. The predicted molar refractivity (Wildman–Crippen MR) is 38.7 cm³/mol. The van der Waals surface area contributed by atoms with Gasteiger partial charge in [0.15, 0.2) is 5.49 Å². The van der Waals surface area contributed by atoms with Crippen LogP contribution in [0.25, 0.3) is 0 Å². The van der Waals surface area contributed by atoms with E-state index in [4.69, 9.17) is 0 Å². The van der Waals surface area contributed by atoms with Crippen LogP contribution in [0.15, 0.2) is 31.8 Å². The van der Waals surface area contributed by atoms with Crippen molar-refractivity contribution in [3.63, 3.8) is 0 Å². The summed E-state index contributed by atoms with van der Waals surface area (Å²) in [7, 11) is 0. The molecule has 0 aromatic carbocycles. The van der Waals surface area contributed by atoms with Crippen LogP contribution in [0.3, 0.4) is 0 Å². The molecule has 56 valence electrons. The minimum atomic E-state index is 0.588. The Labute approximate surface area is 66.1 Å². The van der Waals surface area contributed by atoms with Crippen LogP contribution < -0.4 is 10.8 Å². The fourth-order valence-electron chi connectivity index (χ4n) is 1.13. The zero-order valence-electron chi connectivity index (χ0n) is 5.84. The Hall–Kier alpha value is -1.98. The van der Waals surface area contributed by atoms with Gasteiger partial charge in [0, 0.05) is 0 Å². The molecule has 6 heteroatoms. The molecule has 0 aliphatic carbocycles. The Kier molecular flexibility index (Phi) is 0.840. The fourth-order valence-corrected chi connectivity index (χ4v) is 1.13. The maximum atomic E-state index is 4.03. The molecule has 0 atom stereocenters. The van der Waals surface area contributed by atoms with E-state index in [1.165, 1.54) is 0 Å². The van der Waals surface area contributed by atoms with Gasteiger partial charge in [-0.3, -0.25) is 0 Å². The monoisotopic (exact) mass is 158 g/mol. The number of pyridine rings is 1. The molecule has 6 nitrogen and oxygen atoms in total. The summed E-state index contributed by atoms with van der Waals surface area (Å²) in [5.41, 5.74) is 2.10. The second kappa shape index (κ2) is 1.79. The van der Waals surface area contributed by atoms with Crippen LogP contribution in [0.5, 0.6) is 0 Å². The topological polar surface area (TPSA) is 74.7 Å². The van der Waals surface area contributed by atoms with Gasteiger partial charge in [-0.15, -0.1) is 15.3 Å². The number of rotatable bonds is 0. The first-order valence-corrected chi connectivity index (χ1v) is 3.34. The van der Waals surface area contributed by atoms with E-state index in [1.54, 1.807) is 12.4 Å². The maximum absolute atomic E-state index is 4.03. The summed E-state index contributed by atoms with van der Waals surface area (Å²) >= 11 is 0. The Morgan fingerprint density at radius 2 is 2.17 bits per heavy atom. The largest absolute Gasteiger partial charge is 0.233 e. The molecule has 1 aromatic rings. The SMILES string of the molecule is C1=NN=c2ncc3c(c21)N=NN=3. The van der Waals surface area contributed by atoms with E-state index in [2.05, 4.69) is 30.6 Å². The lowest BCUT2D eigenvalue weighted by Gasteiger charge is -1.88. The highest BCUT2D eigenvalue weighted by Gasteiger charge is 2.12. The molecule has 0 unspecified atom stereocenters. The van der Waals surface area contributed by atoms with Gasteiger partial charge in [0.1, 0.15) is 11.0 Å². The van der Waals surface area contributed by atoms with E-state index in [-0.39, 0.29) is 0 Å². The predicted octanol–water partition coefficient (Wildman–Crippen LogP) is -0.319. The van der Waals surface area contributed by atoms with Crippen LogP contribution in [0.2, 0.25) is 0 Å². The molecule has 0 spiro atoms. The average molecular weight is 158 g/mol. The van der Waals surface area contributed by atoms with Crippen molar-refractivity contribution in [3.8, 4) is 0 Å². The van der Waals surface area contributed by atoms with Crippen molar-refractivity contribution in [1.29, 1.82) is 0 Å². The molecule has 0 N–H and O–H groups in total. The lowest BCUT2D eigenvalue weighted by Crippen LogP contribution is -2.16. The van der Waals surface area contributed by atoms with Gasteiger partial charge in [0.05, 0.1) is 18.0 Å². The van der Waals surface area contributed by atoms with Crippen molar-refractivity contribution in [3.05, 3.63) is 22.6 Å². The lowest BCUT2D eigenvalue weighted by atomic mass is 10.2. The molecule has 0 radical (unpaired) electrons. The maximum Gasteiger partial charge on any atom is 0.185 e. The van der Waals surface area contributed by atoms with Crippen molar-refractivity contribution in [1.82, 2.24) is 4.98 Å². The first kappa shape index (κ1) is 5.64. The van der Waals surface area contributed by atoms with Crippen LogP contribution >= 0.6 is 0 Å². The third-order valence-electron chi connectivity index (χ3n) is 1.68. The van der Waals surface area contributed by atoms with E-state index in [0.29, 0.717) is 16.5 Å². The number of nitrogens with zero attached hydrogens (tertiary/aromatic N) is 6. The number of fused-ring (bicyclic) bond motifs is 3. The molecule has 2 aliphatic rings. The Balaban J connectivity index is 2.57. The molecule has 3 heterocycles. The summed E-state index contributed by atoms with van der Waals surface area (Å²) in [6.45, 7) is 0. The van der Waals surface area contributed by atoms with Crippen molar-refractivity contribution >= 4 is 11.9 Å². The Morgan fingerprint density at radius 3 is 3.17 bits per heavy atom. The van der Waals surface area contributed by atoms with Gasteiger partial charge in [-0.2, -0.15) is 5.10 Å². The van der Waals surface area contributed by atoms with E-state index < -0.39 is 0 Å². The van der Waals surface area contributed by atoms with Crippen molar-refractivity contribution in [2.75, 3.05) is 0 Å². The zero-order chi connectivity index (χ0) is 7.97. The van der Waals surface area contributed by atoms with E-state index in [9.17, 15) is 0 Å². The molecule has 0 bridgehead atoms. The van der Waals surface area contributed by atoms with Crippen LogP contribution in [0.4, 0.5) is 5.69 Å². The molecule has 1 aromatic heterocycles. The number of aromatic nitrogens is 1. The molecule has 0 saturated carbocycles. The Morgan fingerprint density at radius 1 is 1.17 bits per heavy atom. The van der Waals surface area contributed by atoms with Gasteiger partial charge in [0.25, 0.3) is 0 Å². The summed E-state index contributed by atoms with van der Waals surface area (Å²) in [4.78, 5) is 4.03. The highest BCUT2D eigenvalue weighted by Crippen LogP contribution is 2.13. The van der Waals surface area contributed by atoms with Gasteiger partial charge in [-0.25, -0.2) is 4.98 Å². The number of hydrogen-bond donors (Lipinski definition) is 0. The van der Waals surface area contributed by atoms with Crippen LogP contribution in [-0.4, -0.2) is 11.2 Å². The van der Waals surface area contributed by atoms with Gasteiger partial charge >= 0.3 is 0 Å². The highest BCUT2D eigenvalue weighted by molar-refractivity contribution is 5.86. The van der Waals surface area contributed by atoms with Crippen molar-refractivity contribution < 1.29 is 0 Å². The summed E-state index contributed by atoms with van der Waals surface area (Å²) in [5, 5.41) is 19.3. The quantitative estimate of drug-likeness (QED) is 0.509. The second-order valence-electron chi connectivity index (χ2n) is 2.36. The van der Waals surface area contributed by atoms with Crippen molar-refractivity contribution in [2.45, 2.75) is 0 Å². The van der Waals surface area contributed by atoms with E-state index >= 15 is 0 Å². The minimum absolute atomic E-state index is 0.588. The standard InChI is InChI=1S/C6H2N6/c1-3-5-4(9-12-10-5)2-7-6(3)11-8-1/h1-2H. The smallest absolute Gasteiger partial charge is 0.185 e. The van der Waals surface area contributed by atoms with Gasteiger partial charge in [-0.05, 0) is 5.22 Å². The molecular formula is C6H2N6. The molecule has 12 heavy (non-hydrogen) atoms. The highest BCUT2D eigenvalue weighted by atomic mass is 15.4. The first-order chi connectivity index (χ1) is 5.95. The van der Waals surface area contributed by atoms with Crippen LogP contribution in [-0.2, 0) is 0 Å². The summed E-state index contributed by atoms with van der Waals surface area (Å²) in [6, 6.07) is 0. The normalized spacial score (nSPS) is 15.3. The third kappa shape index (κ3) is 0.541. The van der Waals surface area contributed by atoms with Crippen LogP contribution in [0.1, 0.15) is 5.56 Å². The average Bonchev–Trinajstić information content (AvgIpc) is 2.71. The summed E-state index contributed by atoms with van der Waals surface area (Å²) < 4.78 is 0. The van der Waals surface area contributed by atoms with Crippen molar-refractivity contribution in [2.24, 2.45) is 25.6 Å². The summed E-state index contributed by atoms with van der Waals surface area (Å²) in [5.74, 6) is 0. The minimum Gasteiger partial charge on any atom is -0.233 e. The molecule has 3 rings (SSSR count). The fraction of sp³-hybridized carbons (Fsp3) is 0. The molecule has 0 fully saturated rings. The van der Waals surface area contributed by atoms with E-state index in [0.717, 1.165) is 5.56 Å². The second-order valence-corrected chi connectivity index (χ2v) is 2.36. The van der Waals surface area contributed by atoms with Gasteiger partial charge in [0.2, 0.25) is 0 Å². The van der Waals surface area contributed by atoms with Gasteiger partial charge < -0.3 is 0 Å². The summed E-state index contributed by atoms with van der Waals surface area (Å²) in [6.07, 6.45) is 3.20. The van der Waals surface area contributed by atoms with Gasteiger partial charge in [-0.1, -0.05) is 0 Å². The molecule has 0 saturated heterocycles. The first-order valence-electron chi connectivity index (χ1n) is 3.34. The molecular weight excluding hydrogens is 156 g/mol. The van der Waals surface area contributed by atoms with Crippen LogP contribution in [0, 0.1) is 0 Å². The molecule has 0 amide bonds.